The molecule has 198 valence electrons. The fraction of sp³-hybridized carbons (Fsp3) is 0.387. The quantitative estimate of drug-likeness (QED) is 0.375. The molecule has 2 aliphatic carbocycles. The van der Waals surface area contributed by atoms with Crippen molar-refractivity contribution in [1.29, 1.82) is 0 Å². The summed E-state index contributed by atoms with van der Waals surface area (Å²) in [5.41, 5.74) is 10.6. The van der Waals surface area contributed by atoms with Gasteiger partial charge in [0.15, 0.2) is 0 Å². The average Bonchev–Trinajstić information content (AvgIpc) is 2.89. The summed E-state index contributed by atoms with van der Waals surface area (Å²) in [6.07, 6.45) is 5.78. The zero-order valence-corrected chi connectivity index (χ0v) is 21.8. The number of halogens is 1. The molecule has 1 aromatic heterocycles. The predicted octanol–water partition coefficient (Wildman–Crippen LogP) is 5.73. The van der Waals surface area contributed by atoms with Gasteiger partial charge in [-0.25, -0.2) is 9.37 Å². The van der Waals surface area contributed by atoms with Crippen LogP contribution in [0, 0.1) is 5.92 Å². The number of aromatic nitrogens is 1. The minimum atomic E-state index is -0.824. The van der Waals surface area contributed by atoms with Crippen molar-refractivity contribution in [3.05, 3.63) is 72.4 Å². The number of alkyl halides is 1. The summed E-state index contributed by atoms with van der Waals surface area (Å²) in [7, 11) is 0. The Morgan fingerprint density at radius 3 is 2.26 bits per heavy atom. The Labute approximate surface area is 223 Å². The SMILES string of the molecule is CC(=O)NC1CCC(CC(=O)Nc2cc(-c3ccccc3)c(-c3ccc(C4(N)CC(F)C4)cc3)cn2)CC1. The lowest BCUT2D eigenvalue weighted by Gasteiger charge is -2.41. The van der Waals surface area contributed by atoms with Gasteiger partial charge in [-0.3, -0.25) is 9.59 Å². The Bertz CT molecular complexity index is 1280. The van der Waals surface area contributed by atoms with Gasteiger partial charge in [0.05, 0.1) is 0 Å². The second-order valence-electron chi connectivity index (χ2n) is 10.9. The van der Waals surface area contributed by atoms with E-state index in [-0.39, 0.29) is 17.9 Å². The molecular weight excluding hydrogens is 479 g/mol. The van der Waals surface area contributed by atoms with Crippen LogP contribution in [0.4, 0.5) is 10.2 Å². The molecule has 2 aromatic carbocycles. The summed E-state index contributed by atoms with van der Waals surface area (Å²) in [4.78, 5) is 28.7. The van der Waals surface area contributed by atoms with Crippen molar-refractivity contribution in [2.45, 2.75) is 69.6 Å². The summed E-state index contributed by atoms with van der Waals surface area (Å²) in [6, 6.07) is 20.1. The van der Waals surface area contributed by atoms with Gasteiger partial charge < -0.3 is 16.4 Å². The van der Waals surface area contributed by atoms with E-state index in [1.165, 1.54) is 0 Å². The van der Waals surface area contributed by atoms with Crippen LogP contribution in [0.25, 0.3) is 22.3 Å². The van der Waals surface area contributed by atoms with Crippen LogP contribution in [0.5, 0.6) is 0 Å². The number of carbonyl (C=O) groups is 2. The van der Waals surface area contributed by atoms with E-state index in [1.807, 2.05) is 60.7 Å². The van der Waals surface area contributed by atoms with Crippen LogP contribution in [0.2, 0.25) is 0 Å². The smallest absolute Gasteiger partial charge is 0.225 e. The zero-order chi connectivity index (χ0) is 26.7. The molecule has 0 aliphatic heterocycles. The molecule has 0 saturated heterocycles. The highest BCUT2D eigenvalue weighted by Crippen LogP contribution is 2.42. The highest BCUT2D eigenvalue weighted by Gasteiger charge is 2.42. The number of nitrogens with zero attached hydrogens (tertiary/aromatic N) is 1. The third kappa shape index (κ3) is 5.94. The van der Waals surface area contributed by atoms with Gasteiger partial charge in [0.1, 0.15) is 12.0 Å². The van der Waals surface area contributed by atoms with E-state index in [4.69, 9.17) is 5.73 Å². The van der Waals surface area contributed by atoms with Crippen LogP contribution in [0.3, 0.4) is 0 Å². The number of amides is 2. The van der Waals surface area contributed by atoms with E-state index < -0.39 is 11.7 Å². The molecule has 0 radical (unpaired) electrons. The zero-order valence-electron chi connectivity index (χ0n) is 21.8. The molecule has 6 nitrogen and oxygen atoms in total. The molecule has 0 atom stereocenters. The molecule has 4 N–H and O–H groups in total. The molecule has 0 spiro atoms. The maximum Gasteiger partial charge on any atom is 0.225 e. The molecule has 0 unspecified atom stereocenters. The molecule has 7 heteroatoms. The van der Waals surface area contributed by atoms with Crippen LogP contribution < -0.4 is 16.4 Å². The predicted molar refractivity (Wildman–Crippen MR) is 148 cm³/mol. The first-order chi connectivity index (χ1) is 18.3. The lowest BCUT2D eigenvalue weighted by Crippen LogP contribution is -2.50. The highest BCUT2D eigenvalue weighted by atomic mass is 19.1. The standard InChI is InChI=1S/C31H35FN4O2/c1-20(37)35-26-13-7-21(8-14-26)15-30(38)36-29-16-27(22-5-3-2-4-6-22)28(19-34-29)23-9-11-24(12-10-23)31(33)17-25(32)18-31/h2-6,9-12,16,19,21,25-26H,7-8,13-15,17-18,33H2,1H3,(H,35,37)(H,34,36,38). The minimum Gasteiger partial charge on any atom is -0.354 e. The van der Waals surface area contributed by atoms with Gasteiger partial charge >= 0.3 is 0 Å². The molecule has 0 bridgehead atoms. The number of nitrogens with one attached hydrogen (secondary N) is 2. The van der Waals surface area contributed by atoms with E-state index >= 15 is 0 Å². The van der Waals surface area contributed by atoms with Crippen molar-refractivity contribution in [2.75, 3.05) is 5.32 Å². The van der Waals surface area contributed by atoms with Gasteiger partial charge in [-0.1, -0.05) is 54.6 Å². The van der Waals surface area contributed by atoms with E-state index in [2.05, 4.69) is 15.6 Å². The second kappa shape index (κ2) is 11.0. The van der Waals surface area contributed by atoms with Gasteiger partial charge in [0.25, 0.3) is 0 Å². The molecule has 2 amide bonds. The van der Waals surface area contributed by atoms with Crippen molar-refractivity contribution < 1.29 is 14.0 Å². The third-order valence-corrected chi connectivity index (χ3v) is 7.93. The first kappa shape index (κ1) is 26.0. The lowest BCUT2D eigenvalue weighted by molar-refractivity contribution is -0.120. The Kier molecular flexibility index (Phi) is 7.56. The number of nitrogens with two attached hydrogens (primary N) is 1. The normalized spacial score (nSPS) is 24.8. The highest BCUT2D eigenvalue weighted by molar-refractivity contribution is 5.92. The Hall–Kier alpha value is -3.58. The molecule has 1 heterocycles. The van der Waals surface area contributed by atoms with Crippen LogP contribution in [-0.4, -0.2) is 29.0 Å². The van der Waals surface area contributed by atoms with Gasteiger partial charge in [-0.2, -0.15) is 0 Å². The van der Waals surface area contributed by atoms with Crippen molar-refractivity contribution in [3.63, 3.8) is 0 Å². The number of rotatable bonds is 7. The molecule has 5 rings (SSSR count). The van der Waals surface area contributed by atoms with Crippen LogP contribution >= 0.6 is 0 Å². The molecule has 38 heavy (non-hydrogen) atoms. The van der Waals surface area contributed by atoms with Gasteiger partial charge in [-0.05, 0) is 59.9 Å². The molecule has 2 saturated carbocycles. The largest absolute Gasteiger partial charge is 0.354 e. The number of anilines is 1. The Morgan fingerprint density at radius 1 is 0.974 bits per heavy atom. The van der Waals surface area contributed by atoms with Crippen LogP contribution in [0.15, 0.2) is 66.9 Å². The topological polar surface area (TPSA) is 97.1 Å². The van der Waals surface area contributed by atoms with E-state index in [9.17, 15) is 14.0 Å². The Morgan fingerprint density at radius 2 is 1.63 bits per heavy atom. The van der Waals surface area contributed by atoms with Gasteiger partial charge in [-0.15, -0.1) is 0 Å². The van der Waals surface area contributed by atoms with Crippen molar-refractivity contribution in [3.8, 4) is 22.3 Å². The van der Waals surface area contributed by atoms with E-state index in [0.717, 1.165) is 53.5 Å². The maximum atomic E-state index is 13.5. The van der Waals surface area contributed by atoms with Crippen LogP contribution in [-0.2, 0) is 15.1 Å². The summed E-state index contributed by atoms with van der Waals surface area (Å²) in [5.74, 6) is 0.782. The number of benzene rings is 2. The molecule has 3 aromatic rings. The first-order valence-electron chi connectivity index (χ1n) is 13.5. The number of hydrogen-bond acceptors (Lipinski definition) is 4. The molecule has 2 aliphatic rings. The third-order valence-electron chi connectivity index (χ3n) is 7.93. The monoisotopic (exact) mass is 514 g/mol. The van der Waals surface area contributed by atoms with Gasteiger partial charge in [0, 0.05) is 49.5 Å². The van der Waals surface area contributed by atoms with Crippen molar-refractivity contribution in [1.82, 2.24) is 10.3 Å². The maximum absolute atomic E-state index is 13.5. The first-order valence-corrected chi connectivity index (χ1v) is 13.5. The number of pyridine rings is 1. The fourth-order valence-corrected chi connectivity index (χ4v) is 5.81. The number of carbonyl (C=O) groups excluding carboxylic acids is 2. The number of hydrogen-bond donors (Lipinski definition) is 3. The molecule has 2 fully saturated rings. The van der Waals surface area contributed by atoms with Crippen LogP contribution in [0.1, 0.15) is 57.4 Å². The minimum absolute atomic E-state index is 0.00229. The molecular formula is C31H35FN4O2. The summed E-state index contributed by atoms with van der Waals surface area (Å²) < 4.78 is 13.5. The summed E-state index contributed by atoms with van der Waals surface area (Å²) in [6.45, 7) is 1.54. The summed E-state index contributed by atoms with van der Waals surface area (Å²) >= 11 is 0. The Balaban J connectivity index is 1.31. The van der Waals surface area contributed by atoms with Crippen molar-refractivity contribution in [2.24, 2.45) is 11.7 Å². The van der Waals surface area contributed by atoms with Gasteiger partial charge in [0.2, 0.25) is 11.8 Å². The van der Waals surface area contributed by atoms with E-state index in [1.54, 1.807) is 13.1 Å². The average molecular weight is 515 g/mol. The fourth-order valence-electron chi connectivity index (χ4n) is 5.81. The second-order valence-corrected chi connectivity index (χ2v) is 10.9. The summed E-state index contributed by atoms with van der Waals surface area (Å²) in [5, 5.41) is 5.98. The van der Waals surface area contributed by atoms with E-state index in [0.29, 0.717) is 31.0 Å². The lowest BCUT2D eigenvalue weighted by atomic mass is 9.71. The van der Waals surface area contributed by atoms with Crippen molar-refractivity contribution >= 4 is 17.6 Å².